The molecule has 0 saturated heterocycles. The minimum Gasteiger partial charge on any atom is -0.345 e. The molecule has 3 heterocycles. The van der Waals surface area contributed by atoms with Gasteiger partial charge < -0.3 is 4.98 Å². The Kier molecular flexibility index (Phi) is 2.02. The third-order valence-corrected chi connectivity index (χ3v) is 3.22. The number of terminal acetylenes is 1. The first-order chi connectivity index (χ1) is 7.88. The number of hydrogen-bond donors (Lipinski definition) is 1. The van der Waals surface area contributed by atoms with E-state index in [0.717, 1.165) is 22.2 Å². The fraction of sp³-hybridized carbons (Fsp3) is 0. The van der Waals surface area contributed by atoms with E-state index in [0.29, 0.717) is 0 Å². The summed E-state index contributed by atoms with van der Waals surface area (Å²) in [5.41, 5.74) is 3.99. The number of nitrogens with zero attached hydrogens (tertiary/aromatic N) is 1. The summed E-state index contributed by atoms with van der Waals surface area (Å²) in [4.78, 5) is 7.42. The van der Waals surface area contributed by atoms with E-state index in [1.807, 2.05) is 12.4 Å². The van der Waals surface area contributed by atoms with Gasteiger partial charge in [-0.2, -0.15) is 11.3 Å². The normalized spacial score (nSPS) is 10.4. The smallest absolute Gasteiger partial charge is 0.138 e. The molecular formula is C13H8N2S. The lowest BCUT2D eigenvalue weighted by molar-refractivity contribution is 1.33. The van der Waals surface area contributed by atoms with Crippen molar-refractivity contribution in [1.82, 2.24) is 9.97 Å². The molecule has 3 aromatic rings. The zero-order valence-electron chi connectivity index (χ0n) is 8.40. The van der Waals surface area contributed by atoms with Crippen LogP contribution in [0.3, 0.4) is 0 Å². The number of nitrogens with one attached hydrogen (secondary N) is 1. The van der Waals surface area contributed by atoms with E-state index in [4.69, 9.17) is 6.42 Å². The first kappa shape index (κ1) is 9.20. The highest BCUT2D eigenvalue weighted by Crippen LogP contribution is 2.25. The van der Waals surface area contributed by atoms with Gasteiger partial charge in [0.25, 0.3) is 0 Å². The lowest BCUT2D eigenvalue weighted by Crippen LogP contribution is -1.80. The van der Waals surface area contributed by atoms with Crippen molar-refractivity contribution in [2.45, 2.75) is 0 Å². The Balaban J connectivity index is 2.26. The topological polar surface area (TPSA) is 28.7 Å². The number of rotatable bonds is 1. The number of pyridine rings is 1. The maximum atomic E-state index is 5.43. The van der Waals surface area contributed by atoms with Crippen molar-refractivity contribution < 1.29 is 0 Å². The molecule has 76 valence electrons. The Hall–Kier alpha value is -2.05. The van der Waals surface area contributed by atoms with E-state index >= 15 is 0 Å². The SMILES string of the molecule is C#Cc1c[nH]c2ncc(-c3ccsc3)cc12. The van der Waals surface area contributed by atoms with Crippen LogP contribution in [0.15, 0.2) is 35.3 Å². The largest absolute Gasteiger partial charge is 0.345 e. The zero-order chi connectivity index (χ0) is 11.0. The van der Waals surface area contributed by atoms with Gasteiger partial charge in [-0.15, -0.1) is 6.42 Å². The lowest BCUT2D eigenvalue weighted by atomic mass is 10.1. The van der Waals surface area contributed by atoms with Crippen LogP contribution in [-0.4, -0.2) is 9.97 Å². The second-order valence-electron chi connectivity index (χ2n) is 3.48. The number of aromatic amines is 1. The first-order valence-electron chi connectivity index (χ1n) is 4.85. The molecule has 0 unspecified atom stereocenters. The van der Waals surface area contributed by atoms with Gasteiger partial charge in [-0.25, -0.2) is 4.98 Å². The second kappa shape index (κ2) is 3.51. The number of H-pyrrole nitrogens is 1. The predicted octanol–water partition coefficient (Wildman–Crippen LogP) is 3.27. The fourth-order valence-electron chi connectivity index (χ4n) is 1.71. The van der Waals surface area contributed by atoms with Crippen LogP contribution < -0.4 is 0 Å². The Morgan fingerprint density at radius 2 is 2.31 bits per heavy atom. The van der Waals surface area contributed by atoms with Crippen molar-refractivity contribution in [2.75, 3.05) is 0 Å². The van der Waals surface area contributed by atoms with Crippen LogP contribution in [0, 0.1) is 12.3 Å². The van der Waals surface area contributed by atoms with Gasteiger partial charge in [-0.05, 0) is 28.5 Å². The Morgan fingerprint density at radius 1 is 1.38 bits per heavy atom. The van der Waals surface area contributed by atoms with Crippen LogP contribution >= 0.6 is 11.3 Å². The number of fused-ring (bicyclic) bond motifs is 1. The van der Waals surface area contributed by atoms with Gasteiger partial charge >= 0.3 is 0 Å². The maximum Gasteiger partial charge on any atom is 0.138 e. The third-order valence-electron chi connectivity index (χ3n) is 2.54. The van der Waals surface area contributed by atoms with Crippen LogP contribution in [0.25, 0.3) is 22.2 Å². The first-order valence-corrected chi connectivity index (χ1v) is 5.79. The summed E-state index contributed by atoms with van der Waals surface area (Å²) in [6.45, 7) is 0. The quantitative estimate of drug-likeness (QED) is 0.631. The van der Waals surface area contributed by atoms with E-state index in [-0.39, 0.29) is 0 Å². The van der Waals surface area contributed by atoms with E-state index < -0.39 is 0 Å². The minimum absolute atomic E-state index is 0.840. The molecule has 0 spiro atoms. The highest BCUT2D eigenvalue weighted by molar-refractivity contribution is 7.08. The predicted molar refractivity (Wildman–Crippen MR) is 67.3 cm³/mol. The molecule has 0 aliphatic carbocycles. The monoisotopic (exact) mass is 224 g/mol. The Labute approximate surface area is 97.0 Å². The molecule has 0 fully saturated rings. The van der Waals surface area contributed by atoms with E-state index in [9.17, 15) is 0 Å². The van der Waals surface area contributed by atoms with Crippen LogP contribution in [0.5, 0.6) is 0 Å². The molecule has 3 aromatic heterocycles. The van der Waals surface area contributed by atoms with E-state index in [1.54, 1.807) is 11.3 Å². The molecule has 1 N–H and O–H groups in total. The third kappa shape index (κ3) is 1.32. The molecule has 0 aliphatic heterocycles. The summed E-state index contributed by atoms with van der Waals surface area (Å²) in [6, 6.07) is 4.16. The molecule has 0 bridgehead atoms. The summed E-state index contributed by atoms with van der Waals surface area (Å²) in [6.07, 6.45) is 9.11. The maximum absolute atomic E-state index is 5.43. The number of thiophene rings is 1. The van der Waals surface area contributed by atoms with Crippen molar-refractivity contribution in [3.05, 3.63) is 40.8 Å². The minimum atomic E-state index is 0.840. The van der Waals surface area contributed by atoms with Gasteiger partial charge in [-0.3, -0.25) is 0 Å². The van der Waals surface area contributed by atoms with Crippen molar-refractivity contribution in [3.63, 3.8) is 0 Å². The Morgan fingerprint density at radius 3 is 3.06 bits per heavy atom. The highest BCUT2D eigenvalue weighted by Gasteiger charge is 2.05. The highest BCUT2D eigenvalue weighted by atomic mass is 32.1. The van der Waals surface area contributed by atoms with Crippen LogP contribution in [0.4, 0.5) is 0 Å². The fourth-order valence-corrected chi connectivity index (χ4v) is 2.37. The van der Waals surface area contributed by atoms with Crippen molar-refractivity contribution in [2.24, 2.45) is 0 Å². The van der Waals surface area contributed by atoms with Gasteiger partial charge in [0.1, 0.15) is 5.65 Å². The van der Waals surface area contributed by atoms with Gasteiger partial charge in [0, 0.05) is 23.3 Å². The lowest BCUT2D eigenvalue weighted by Gasteiger charge is -1.97. The molecule has 16 heavy (non-hydrogen) atoms. The average molecular weight is 224 g/mol. The number of hydrogen-bond acceptors (Lipinski definition) is 2. The second-order valence-corrected chi connectivity index (χ2v) is 4.26. The molecule has 0 amide bonds. The molecule has 0 atom stereocenters. The average Bonchev–Trinajstić information content (AvgIpc) is 2.97. The van der Waals surface area contributed by atoms with Gasteiger partial charge in [0.15, 0.2) is 0 Å². The van der Waals surface area contributed by atoms with Crippen molar-refractivity contribution in [3.8, 4) is 23.5 Å². The Bertz CT molecular complexity index is 672. The summed E-state index contributed by atoms with van der Waals surface area (Å²) in [5, 5.41) is 5.16. The van der Waals surface area contributed by atoms with Gasteiger partial charge in [-0.1, -0.05) is 5.92 Å². The van der Waals surface area contributed by atoms with Crippen molar-refractivity contribution >= 4 is 22.4 Å². The number of aromatic nitrogens is 2. The molecule has 0 radical (unpaired) electrons. The molecule has 2 nitrogen and oxygen atoms in total. The standard InChI is InChI=1S/C13H8N2S/c1-2-9-6-14-13-12(9)5-11(7-15-13)10-3-4-16-8-10/h1,3-8H,(H,14,15). The van der Waals surface area contributed by atoms with Crippen LogP contribution in [0.2, 0.25) is 0 Å². The summed E-state index contributed by atoms with van der Waals surface area (Å²) >= 11 is 1.68. The summed E-state index contributed by atoms with van der Waals surface area (Å²) in [5.74, 6) is 2.65. The molecule has 0 aromatic carbocycles. The van der Waals surface area contributed by atoms with E-state index in [1.165, 1.54) is 5.56 Å². The molecule has 3 heteroatoms. The van der Waals surface area contributed by atoms with Crippen molar-refractivity contribution in [1.29, 1.82) is 0 Å². The molecular weight excluding hydrogens is 216 g/mol. The van der Waals surface area contributed by atoms with Gasteiger partial charge in [0.2, 0.25) is 0 Å². The van der Waals surface area contributed by atoms with Crippen LogP contribution in [-0.2, 0) is 0 Å². The molecule has 3 rings (SSSR count). The van der Waals surface area contributed by atoms with E-state index in [2.05, 4.69) is 38.8 Å². The zero-order valence-corrected chi connectivity index (χ0v) is 9.21. The molecule has 0 saturated carbocycles. The molecule has 0 aliphatic rings. The summed E-state index contributed by atoms with van der Waals surface area (Å²) < 4.78 is 0. The van der Waals surface area contributed by atoms with Crippen LogP contribution in [0.1, 0.15) is 5.56 Å². The van der Waals surface area contributed by atoms with Gasteiger partial charge in [0.05, 0.1) is 5.56 Å². The summed E-state index contributed by atoms with van der Waals surface area (Å²) in [7, 11) is 0.